The van der Waals surface area contributed by atoms with Crippen LogP contribution in [0.4, 0.5) is 0 Å². The molecule has 0 amide bonds. The largest absolute Gasteiger partial charge is 0.330 e. The second kappa shape index (κ2) is 5.84. The summed E-state index contributed by atoms with van der Waals surface area (Å²) in [5.74, 6) is 2.84. The maximum Gasteiger partial charge on any atom is 0.154 e. The van der Waals surface area contributed by atoms with E-state index in [0.717, 1.165) is 24.6 Å². The average Bonchev–Trinajstić information content (AvgIpc) is 3.10. The predicted octanol–water partition coefficient (Wildman–Crippen LogP) is 2.92. The monoisotopic (exact) mass is 276 g/mol. The van der Waals surface area contributed by atoms with Crippen molar-refractivity contribution in [3.63, 3.8) is 0 Å². The topological polar surface area (TPSA) is 56.7 Å². The fourth-order valence-electron chi connectivity index (χ4n) is 4.04. The van der Waals surface area contributed by atoms with Gasteiger partial charge in [0, 0.05) is 19.4 Å². The van der Waals surface area contributed by atoms with Crippen LogP contribution in [0.25, 0.3) is 0 Å². The molecule has 2 saturated carbocycles. The Morgan fingerprint density at radius 2 is 1.85 bits per heavy atom. The van der Waals surface area contributed by atoms with Gasteiger partial charge in [-0.25, -0.2) is 4.98 Å². The maximum absolute atomic E-state index is 6.11. The Kier molecular flexibility index (Phi) is 4.11. The Bertz CT molecular complexity index is 439. The molecule has 112 valence electrons. The van der Waals surface area contributed by atoms with Gasteiger partial charge in [0.1, 0.15) is 5.82 Å². The number of nitrogens with two attached hydrogens (primary N) is 1. The Hall–Kier alpha value is -0.900. The van der Waals surface area contributed by atoms with Crippen LogP contribution in [0, 0.1) is 5.41 Å². The van der Waals surface area contributed by atoms with E-state index in [0.29, 0.717) is 5.92 Å². The van der Waals surface area contributed by atoms with E-state index in [1.54, 1.807) is 0 Å². The SMILES string of the molecule is Cn1nc(C2CCCC2)nc1CC1(CN)CCCCC1. The molecule has 0 saturated heterocycles. The number of aryl methyl sites for hydroxylation is 1. The van der Waals surface area contributed by atoms with Gasteiger partial charge >= 0.3 is 0 Å². The van der Waals surface area contributed by atoms with Gasteiger partial charge in [0.15, 0.2) is 5.82 Å². The zero-order chi connectivity index (χ0) is 14.0. The summed E-state index contributed by atoms with van der Waals surface area (Å²) in [5.41, 5.74) is 6.39. The van der Waals surface area contributed by atoms with Gasteiger partial charge in [-0.15, -0.1) is 0 Å². The summed E-state index contributed by atoms with van der Waals surface area (Å²) < 4.78 is 2.01. The summed E-state index contributed by atoms with van der Waals surface area (Å²) in [6.07, 6.45) is 12.8. The Morgan fingerprint density at radius 3 is 2.50 bits per heavy atom. The van der Waals surface area contributed by atoms with E-state index >= 15 is 0 Å². The lowest BCUT2D eigenvalue weighted by Crippen LogP contribution is -2.35. The third kappa shape index (κ3) is 2.76. The number of nitrogens with zero attached hydrogens (tertiary/aromatic N) is 3. The third-order valence-electron chi connectivity index (χ3n) is 5.47. The molecule has 1 aromatic heterocycles. The highest BCUT2D eigenvalue weighted by molar-refractivity contribution is 5.04. The molecule has 4 nitrogen and oxygen atoms in total. The van der Waals surface area contributed by atoms with Crippen molar-refractivity contribution in [2.45, 2.75) is 70.1 Å². The highest BCUT2D eigenvalue weighted by Gasteiger charge is 2.33. The van der Waals surface area contributed by atoms with Gasteiger partial charge in [0.05, 0.1) is 0 Å². The van der Waals surface area contributed by atoms with E-state index < -0.39 is 0 Å². The molecular weight excluding hydrogens is 248 g/mol. The minimum absolute atomic E-state index is 0.284. The zero-order valence-electron chi connectivity index (χ0n) is 12.8. The minimum Gasteiger partial charge on any atom is -0.330 e. The van der Waals surface area contributed by atoms with Crippen molar-refractivity contribution in [2.24, 2.45) is 18.2 Å². The summed E-state index contributed by atoms with van der Waals surface area (Å²) in [6, 6.07) is 0. The van der Waals surface area contributed by atoms with Gasteiger partial charge < -0.3 is 5.73 Å². The van der Waals surface area contributed by atoms with Crippen LogP contribution in [0.5, 0.6) is 0 Å². The second-order valence-electron chi connectivity index (χ2n) is 6.93. The fraction of sp³-hybridized carbons (Fsp3) is 0.875. The van der Waals surface area contributed by atoms with Crippen LogP contribution in [0.3, 0.4) is 0 Å². The van der Waals surface area contributed by atoms with Gasteiger partial charge in [-0.1, -0.05) is 32.1 Å². The Balaban J connectivity index is 1.75. The van der Waals surface area contributed by atoms with Crippen LogP contribution < -0.4 is 5.73 Å². The number of hydrogen-bond acceptors (Lipinski definition) is 3. The molecule has 1 heterocycles. The molecule has 0 unspecified atom stereocenters. The molecule has 2 N–H and O–H groups in total. The van der Waals surface area contributed by atoms with Gasteiger partial charge in [-0.2, -0.15) is 5.10 Å². The Morgan fingerprint density at radius 1 is 1.15 bits per heavy atom. The standard InChI is InChI=1S/C16H28N4/c1-20-14(11-16(12-17)9-5-2-6-10-16)18-15(19-20)13-7-3-4-8-13/h13H,2-12,17H2,1H3. The van der Waals surface area contributed by atoms with Gasteiger partial charge in [-0.05, 0) is 37.6 Å². The van der Waals surface area contributed by atoms with Crippen molar-refractivity contribution in [1.82, 2.24) is 14.8 Å². The molecule has 2 aliphatic rings. The first kappa shape index (κ1) is 14.1. The van der Waals surface area contributed by atoms with E-state index in [-0.39, 0.29) is 5.41 Å². The predicted molar refractivity (Wildman–Crippen MR) is 80.5 cm³/mol. The zero-order valence-corrected chi connectivity index (χ0v) is 12.8. The molecule has 0 spiro atoms. The van der Waals surface area contributed by atoms with Crippen molar-refractivity contribution in [2.75, 3.05) is 6.54 Å². The van der Waals surface area contributed by atoms with Gasteiger partial charge in [0.2, 0.25) is 0 Å². The molecule has 1 aromatic rings. The number of aromatic nitrogens is 3. The second-order valence-corrected chi connectivity index (χ2v) is 6.93. The molecule has 4 heteroatoms. The molecular formula is C16H28N4. The molecule has 2 fully saturated rings. The highest BCUT2D eigenvalue weighted by atomic mass is 15.3. The molecule has 20 heavy (non-hydrogen) atoms. The van der Waals surface area contributed by atoms with Crippen LogP contribution >= 0.6 is 0 Å². The lowest BCUT2D eigenvalue weighted by Gasteiger charge is -2.35. The molecule has 0 atom stereocenters. The van der Waals surface area contributed by atoms with Crippen molar-refractivity contribution >= 4 is 0 Å². The highest BCUT2D eigenvalue weighted by Crippen LogP contribution is 2.38. The molecule has 2 aliphatic carbocycles. The maximum atomic E-state index is 6.11. The minimum atomic E-state index is 0.284. The van der Waals surface area contributed by atoms with Crippen molar-refractivity contribution < 1.29 is 0 Å². The third-order valence-corrected chi connectivity index (χ3v) is 5.47. The Labute approximate surface area is 122 Å². The van der Waals surface area contributed by atoms with Crippen LogP contribution in [-0.2, 0) is 13.5 Å². The molecule has 0 radical (unpaired) electrons. The number of hydrogen-bond donors (Lipinski definition) is 1. The van der Waals surface area contributed by atoms with Crippen molar-refractivity contribution in [1.29, 1.82) is 0 Å². The summed E-state index contributed by atoms with van der Waals surface area (Å²) in [7, 11) is 2.05. The fourth-order valence-corrected chi connectivity index (χ4v) is 4.04. The quantitative estimate of drug-likeness (QED) is 0.920. The van der Waals surface area contributed by atoms with Gasteiger partial charge in [0.25, 0.3) is 0 Å². The van der Waals surface area contributed by atoms with Crippen LogP contribution in [-0.4, -0.2) is 21.3 Å². The number of rotatable bonds is 4. The first-order valence-corrected chi connectivity index (χ1v) is 8.32. The molecule has 0 aromatic carbocycles. The van der Waals surface area contributed by atoms with E-state index in [4.69, 9.17) is 10.7 Å². The van der Waals surface area contributed by atoms with Gasteiger partial charge in [-0.3, -0.25) is 4.68 Å². The van der Waals surface area contributed by atoms with E-state index in [1.165, 1.54) is 57.8 Å². The van der Waals surface area contributed by atoms with Crippen molar-refractivity contribution in [3.05, 3.63) is 11.6 Å². The molecule has 0 bridgehead atoms. The first-order valence-electron chi connectivity index (χ1n) is 8.32. The summed E-state index contributed by atoms with van der Waals surface area (Å²) in [4.78, 5) is 4.88. The molecule has 0 aliphatic heterocycles. The van der Waals surface area contributed by atoms with Crippen LogP contribution in [0.1, 0.15) is 75.4 Å². The lowest BCUT2D eigenvalue weighted by molar-refractivity contribution is 0.191. The van der Waals surface area contributed by atoms with Crippen LogP contribution in [0.2, 0.25) is 0 Å². The molecule has 3 rings (SSSR count). The smallest absolute Gasteiger partial charge is 0.154 e. The normalized spacial score (nSPS) is 23.3. The van der Waals surface area contributed by atoms with E-state index in [2.05, 4.69) is 5.10 Å². The van der Waals surface area contributed by atoms with E-state index in [1.807, 2.05) is 11.7 Å². The summed E-state index contributed by atoms with van der Waals surface area (Å²) in [6.45, 7) is 0.790. The van der Waals surface area contributed by atoms with Crippen molar-refractivity contribution in [3.8, 4) is 0 Å². The summed E-state index contributed by atoms with van der Waals surface area (Å²) >= 11 is 0. The first-order chi connectivity index (χ1) is 9.72. The van der Waals surface area contributed by atoms with Crippen LogP contribution in [0.15, 0.2) is 0 Å². The lowest BCUT2D eigenvalue weighted by atomic mass is 9.71. The van der Waals surface area contributed by atoms with E-state index in [9.17, 15) is 0 Å². The summed E-state index contributed by atoms with van der Waals surface area (Å²) in [5, 5.41) is 4.69. The average molecular weight is 276 g/mol.